The van der Waals surface area contributed by atoms with E-state index in [-0.39, 0.29) is 12.4 Å². The topological polar surface area (TPSA) is 65.2 Å². The van der Waals surface area contributed by atoms with Crippen LogP contribution in [0.2, 0.25) is 0 Å². The second-order valence-electron chi connectivity index (χ2n) is 4.33. The molecule has 0 saturated heterocycles. The number of phenols is 1. The molecule has 0 aromatic heterocycles. The second-order valence-corrected chi connectivity index (χ2v) is 4.33. The predicted molar refractivity (Wildman–Crippen MR) is 74.3 cm³/mol. The number of aromatic hydroxyl groups is 1. The van der Waals surface area contributed by atoms with Crippen LogP contribution in [-0.2, 0) is 6.42 Å². The van der Waals surface area contributed by atoms with Gasteiger partial charge in [-0.15, -0.1) is 5.11 Å². The molecule has 0 aliphatic carbocycles. The van der Waals surface area contributed by atoms with Gasteiger partial charge in [0.2, 0.25) is 0 Å². The molecule has 4 nitrogen and oxygen atoms in total. The van der Waals surface area contributed by atoms with Crippen molar-refractivity contribution in [1.29, 1.82) is 0 Å². The predicted octanol–water partition coefficient (Wildman–Crippen LogP) is 3.65. The Bertz CT molecular complexity index is 577. The fourth-order valence-electron chi connectivity index (χ4n) is 1.68. The van der Waals surface area contributed by atoms with Crippen LogP contribution in [-0.4, -0.2) is 16.8 Å². The molecular weight excluding hydrogens is 240 g/mol. The Hall–Kier alpha value is -2.20. The quantitative estimate of drug-likeness (QED) is 0.820. The van der Waals surface area contributed by atoms with Crippen molar-refractivity contribution in [3.8, 4) is 5.75 Å². The lowest BCUT2D eigenvalue weighted by Gasteiger charge is -2.00. The fraction of sp³-hybridized carbons (Fsp3) is 0.200. The smallest absolute Gasteiger partial charge is 0.143 e. The molecule has 0 fully saturated rings. The van der Waals surface area contributed by atoms with Gasteiger partial charge in [-0.3, -0.25) is 0 Å². The molecule has 2 aromatic rings. The first kappa shape index (κ1) is 13.2. The van der Waals surface area contributed by atoms with Crippen molar-refractivity contribution in [2.75, 3.05) is 6.61 Å². The van der Waals surface area contributed by atoms with Gasteiger partial charge >= 0.3 is 0 Å². The molecule has 0 atom stereocenters. The highest BCUT2D eigenvalue weighted by Gasteiger charge is 1.99. The summed E-state index contributed by atoms with van der Waals surface area (Å²) in [6.07, 6.45) is 0.635. The molecule has 0 amide bonds. The Morgan fingerprint density at radius 3 is 2.42 bits per heavy atom. The third kappa shape index (κ3) is 3.63. The highest BCUT2D eigenvalue weighted by atomic mass is 16.3. The Balaban J connectivity index is 2.15. The van der Waals surface area contributed by atoms with Crippen LogP contribution >= 0.6 is 0 Å². The average Bonchev–Trinajstić information content (AvgIpc) is 2.42. The van der Waals surface area contributed by atoms with Crippen molar-refractivity contribution in [1.82, 2.24) is 0 Å². The van der Waals surface area contributed by atoms with Crippen molar-refractivity contribution in [2.45, 2.75) is 13.3 Å². The lowest BCUT2D eigenvalue weighted by Crippen LogP contribution is -1.88. The Morgan fingerprint density at radius 2 is 1.74 bits per heavy atom. The van der Waals surface area contributed by atoms with Gasteiger partial charge < -0.3 is 10.2 Å². The van der Waals surface area contributed by atoms with Gasteiger partial charge in [-0.25, -0.2) is 0 Å². The number of nitrogens with zero attached hydrogens (tertiary/aromatic N) is 2. The fourth-order valence-corrected chi connectivity index (χ4v) is 1.68. The number of hydrogen-bond donors (Lipinski definition) is 2. The van der Waals surface area contributed by atoms with Crippen LogP contribution in [0.3, 0.4) is 0 Å². The normalized spacial score (nSPS) is 11.1. The number of benzene rings is 2. The van der Waals surface area contributed by atoms with Gasteiger partial charge in [0.15, 0.2) is 0 Å². The van der Waals surface area contributed by atoms with Crippen LogP contribution in [0.25, 0.3) is 0 Å². The van der Waals surface area contributed by atoms with Crippen LogP contribution in [0.15, 0.2) is 52.7 Å². The van der Waals surface area contributed by atoms with Crippen LogP contribution in [0.1, 0.15) is 11.1 Å². The highest BCUT2D eigenvalue weighted by molar-refractivity contribution is 5.52. The third-order valence-corrected chi connectivity index (χ3v) is 2.74. The molecule has 0 unspecified atom stereocenters. The molecule has 0 heterocycles. The van der Waals surface area contributed by atoms with E-state index in [1.165, 1.54) is 0 Å². The number of phenolic OH excluding ortho intramolecular Hbond substituents is 1. The van der Waals surface area contributed by atoms with Crippen LogP contribution < -0.4 is 0 Å². The molecular formula is C15H16N2O2. The van der Waals surface area contributed by atoms with Crippen molar-refractivity contribution >= 4 is 11.4 Å². The number of aliphatic hydroxyl groups is 1. The Morgan fingerprint density at radius 1 is 1.00 bits per heavy atom. The summed E-state index contributed by atoms with van der Waals surface area (Å²) in [5.41, 5.74) is 3.24. The largest absolute Gasteiger partial charge is 0.506 e. The number of rotatable bonds is 4. The number of aryl methyl sites for hydroxylation is 1. The van der Waals surface area contributed by atoms with E-state index in [1.807, 2.05) is 37.3 Å². The summed E-state index contributed by atoms with van der Waals surface area (Å²) >= 11 is 0. The summed E-state index contributed by atoms with van der Waals surface area (Å²) < 4.78 is 0. The minimum Gasteiger partial charge on any atom is -0.506 e. The lowest BCUT2D eigenvalue weighted by atomic mass is 10.1. The van der Waals surface area contributed by atoms with Gasteiger partial charge in [-0.2, -0.15) is 5.11 Å². The van der Waals surface area contributed by atoms with Gasteiger partial charge in [0.25, 0.3) is 0 Å². The van der Waals surface area contributed by atoms with Crippen LogP contribution in [0.4, 0.5) is 11.4 Å². The maximum Gasteiger partial charge on any atom is 0.143 e. The van der Waals surface area contributed by atoms with E-state index in [0.717, 1.165) is 11.1 Å². The molecule has 0 radical (unpaired) electrons. The standard InChI is InChI=1S/C15H16N2O2/c1-11-2-7-15(19)14(10-11)17-16-13-5-3-12(4-6-13)8-9-18/h2-7,10,18-19H,8-9H2,1H3/b17-16+. The lowest BCUT2D eigenvalue weighted by molar-refractivity contribution is 0.299. The molecule has 2 rings (SSSR count). The van der Waals surface area contributed by atoms with Crippen molar-refractivity contribution < 1.29 is 10.2 Å². The Kier molecular flexibility index (Phi) is 4.26. The van der Waals surface area contributed by atoms with Crippen LogP contribution in [0.5, 0.6) is 5.75 Å². The molecule has 2 N–H and O–H groups in total. The molecule has 0 spiro atoms. The summed E-state index contributed by atoms with van der Waals surface area (Å²) in [6.45, 7) is 2.07. The van der Waals surface area contributed by atoms with Crippen molar-refractivity contribution in [3.63, 3.8) is 0 Å². The van der Waals surface area contributed by atoms with E-state index in [0.29, 0.717) is 17.8 Å². The van der Waals surface area contributed by atoms with E-state index in [4.69, 9.17) is 5.11 Å². The number of aliphatic hydroxyl groups excluding tert-OH is 1. The van der Waals surface area contributed by atoms with Crippen molar-refractivity contribution in [3.05, 3.63) is 53.6 Å². The highest BCUT2D eigenvalue weighted by Crippen LogP contribution is 2.28. The first-order valence-electron chi connectivity index (χ1n) is 6.10. The molecule has 4 heteroatoms. The van der Waals surface area contributed by atoms with Gasteiger partial charge in [0.05, 0.1) is 5.69 Å². The van der Waals surface area contributed by atoms with Crippen molar-refractivity contribution in [2.24, 2.45) is 10.2 Å². The minimum atomic E-state index is 0.117. The van der Waals surface area contributed by atoms with Gasteiger partial charge in [0, 0.05) is 6.61 Å². The molecule has 0 aliphatic heterocycles. The van der Waals surface area contributed by atoms with Crippen LogP contribution in [0, 0.1) is 6.92 Å². The third-order valence-electron chi connectivity index (χ3n) is 2.74. The first-order valence-corrected chi connectivity index (χ1v) is 6.10. The van der Waals surface area contributed by atoms with E-state index in [1.54, 1.807) is 12.1 Å². The SMILES string of the molecule is Cc1ccc(O)c(/N=N/c2ccc(CCO)cc2)c1. The zero-order chi connectivity index (χ0) is 13.7. The average molecular weight is 256 g/mol. The van der Waals surface area contributed by atoms with Gasteiger partial charge in [-0.1, -0.05) is 18.2 Å². The summed E-state index contributed by atoms with van der Waals surface area (Å²) in [5, 5.41) is 26.6. The molecule has 0 saturated carbocycles. The number of hydrogen-bond acceptors (Lipinski definition) is 4. The second kappa shape index (κ2) is 6.11. The van der Waals surface area contributed by atoms with E-state index in [2.05, 4.69) is 10.2 Å². The van der Waals surface area contributed by atoms with Gasteiger partial charge in [-0.05, 0) is 48.7 Å². The maximum atomic E-state index is 9.65. The Labute approximate surface area is 112 Å². The summed E-state index contributed by atoms with van der Waals surface area (Å²) in [6, 6.07) is 12.7. The monoisotopic (exact) mass is 256 g/mol. The summed E-state index contributed by atoms with van der Waals surface area (Å²) in [4.78, 5) is 0. The molecule has 19 heavy (non-hydrogen) atoms. The number of azo groups is 1. The summed E-state index contributed by atoms with van der Waals surface area (Å²) in [7, 11) is 0. The molecule has 0 bridgehead atoms. The first-order chi connectivity index (χ1) is 9.19. The van der Waals surface area contributed by atoms with E-state index in [9.17, 15) is 5.11 Å². The van der Waals surface area contributed by atoms with E-state index < -0.39 is 0 Å². The maximum absolute atomic E-state index is 9.65. The molecule has 2 aromatic carbocycles. The van der Waals surface area contributed by atoms with E-state index >= 15 is 0 Å². The zero-order valence-electron chi connectivity index (χ0n) is 10.7. The zero-order valence-corrected chi connectivity index (χ0v) is 10.7. The molecule has 0 aliphatic rings. The summed E-state index contributed by atoms with van der Waals surface area (Å²) in [5.74, 6) is 0.117. The minimum absolute atomic E-state index is 0.117. The molecule has 98 valence electrons. The van der Waals surface area contributed by atoms with Gasteiger partial charge in [0.1, 0.15) is 11.4 Å².